The first-order chi connectivity index (χ1) is 14.5. The molecule has 1 fully saturated rings. The molecule has 3 rings (SSSR count). The standard InChI is InChI=1S/C24H31N3O3/c1-4-23(28)27-15-13-26(14-16-27)21-9-7-20(8-10-21)25-24(29)19-5-11-22(12-6-19)30-17-18(2)3/h5-12,18H,4,13-17H2,1-3H3,(H,25,29). The highest BCUT2D eigenvalue weighted by atomic mass is 16.5. The van der Waals surface area contributed by atoms with Crippen LogP contribution in [0, 0.1) is 5.92 Å². The number of nitrogens with zero attached hydrogens (tertiary/aromatic N) is 2. The molecule has 0 radical (unpaired) electrons. The zero-order valence-electron chi connectivity index (χ0n) is 18.1. The monoisotopic (exact) mass is 409 g/mol. The number of hydrogen-bond acceptors (Lipinski definition) is 4. The number of carbonyl (C=O) groups is 2. The molecule has 0 unspecified atom stereocenters. The predicted molar refractivity (Wildman–Crippen MR) is 120 cm³/mol. The molecule has 6 nitrogen and oxygen atoms in total. The molecule has 0 aromatic heterocycles. The minimum Gasteiger partial charge on any atom is -0.493 e. The van der Waals surface area contributed by atoms with Gasteiger partial charge in [-0.3, -0.25) is 9.59 Å². The molecule has 1 aliphatic rings. The predicted octanol–water partition coefficient (Wildman–Crippen LogP) is 4.03. The Labute approximate surface area is 178 Å². The third-order valence-electron chi connectivity index (χ3n) is 5.12. The van der Waals surface area contributed by atoms with E-state index in [4.69, 9.17) is 4.74 Å². The first-order valence-corrected chi connectivity index (χ1v) is 10.6. The molecule has 1 heterocycles. The Balaban J connectivity index is 1.53. The summed E-state index contributed by atoms with van der Waals surface area (Å²) >= 11 is 0. The quantitative estimate of drug-likeness (QED) is 0.750. The van der Waals surface area contributed by atoms with Crippen LogP contribution in [0.15, 0.2) is 48.5 Å². The van der Waals surface area contributed by atoms with Crippen LogP contribution >= 0.6 is 0 Å². The lowest BCUT2D eigenvalue weighted by Gasteiger charge is -2.36. The summed E-state index contributed by atoms with van der Waals surface area (Å²) in [5.74, 6) is 1.29. The van der Waals surface area contributed by atoms with Crippen molar-refractivity contribution < 1.29 is 14.3 Å². The molecule has 0 bridgehead atoms. The van der Waals surface area contributed by atoms with Crippen LogP contribution in [-0.2, 0) is 4.79 Å². The lowest BCUT2D eigenvalue weighted by Crippen LogP contribution is -2.48. The molecule has 1 saturated heterocycles. The SMILES string of the molecule is CCC(=O)N1CCN(c2ccc(NC(=O)c3ccc(OCC(C)C)cc3)cc2)CC1. The average Bonchev–Trinajstić information content (AvgIpc) is 2.78. The van der Waals surface area contributed by atoms with E-state index >= 15 is 0 Å². The first-order valence-electron chi connectivity index (χ1n) is 10.6. The number of anilines is 2. The first kappa shape index (κ1) is 21.7. The van der Waals surface area contributed by atoms with Crippen LogP contribution in [0.1, 0.15) is 37.6 Å². The van der Waals surface area contributed by atoms with Crippen LogP contribution in [0.3, 0.4) is 0 Å². The number of ether oxygens (including phenoxy) is 1. The topological polar surface area (TPSA) is 61.9 Å². The molecular formula is C24H31N3O3. The van der Waals surface area contributed by atoms with Crippen molar-refractivity contribution >= 4 is 23.2 Å². The van der Waals surface area contributed by atoms with E-state index in [9.17, 15) is 9.59 Å². The Bertz CT molecular complexity index is 839. The van der Waals surface area contributed by atoms with Crippen molar-refractivity contribution in [3.05, 3.63) is 54.1 Å². The second-order valence-corrected chi connectivity index (χ2v) is 7.95. The van der Waals surface area contributed by atoms with Gasteiger partial charge in [-0.25, -0.2) is 0 Å². The van der Waals surface area contributed by atoms with Crippen molar-refractivity contribution in [1.82, 2.24) is 4.90 Å². The van der Waals surface area contributed by atoms with Gasteiger partial charge in [0.2, 0.25) is 5.91 Å². The second kappa shape index (κ2) is 10.1. The van der Waals surface area contributed by atoms with Gasteiger partial charge in [0.1, 0.15) is 5.75 Å². The number of hydrogen-bond donors (Lipinski definition) is 1. The zero-order valence-corrected chi connectivity index (χ0v) is 18.1. The summed E-state index contributed by atoms with van der Waals surface area (Å²) in [5, 5.41) is 2.94. The molecule has 2 aromatic rings. The molecule has 6 heteroatoms. The number of rotatable bonds is 7. The minimum atomic E-state index is -0.148. The fraction of sp³-hybridized carbons (Fsp3) is 0.417. The molecule has 0 saturated carbocycles. The van der Waals surface area contributed by atoms with E-state index in [1.54, 1.807) is 12.1 Å². The summed E-state index contributed by atoms with van der Waals surface area (Å²) in [5.41, 5.74) is 2.44. The number of piperazine rings is 1. The van der Waals surface area contributed by atoms with E-state index in [-0.39, 0.29) is 11.8 Å². The molecule has 2 amide bonds. The van der Waals surface area contributed by atoms with Crippen molar-refractivity contribution in [2.75, 3.05) is 43.0 Å². The van der Waals surface area contributed by atoms with Crippen molar-refractivity contribution in [2.45, 2.75) is 27.2 Å². The average molecular weight is 410 g/mol. The van der Waals surface area contributed by atoms with E-state index in [2.05, 4.69) is 24.1 Å². The van der Waals surface area contributed by atoms with Gasteiger partial charge in [0.15, 0.2) is 0 Å². The van der Waals surface area contributed by atoms with Crippen molar-refractivity contribution in [2.24, 2.45) is 5.92 Å². The van der Waals surface area contributed by atoms with Crippen molar-refractivity contribution in [1.29, 1.82) is 0 Å². The van der Waals surface area contributed by atoms with Gasteiger partial charge in [0.05, 0.1) is 6.61 Å². The van der Waals surface area contributed by atoms with E-state index in [0.29, 0.717) is 24.5 Å². The highest BCUT2D eigenvalue weighted by molar-refractivity contribution is 6.04. The molecule has 0 atom stereocenters. The van der Waals surface area contributed by atoms with Gasteiger partial charge in [-0.15, -0.1) is 0 Å². The van der Waals surface area contributed by atoms with Crippen LogP contribution in [0.5, 0.6) is 5.75 Å². The highest BCUT2D eigenvalue weighted by Gasteiger charge is 2.20. The Morgan fingerprint density at radius 3 is 2.17 bits per heavy atom. The van der Waals surface area contributed by atoms with E-state index in [1.807, 2.05) is 48.2 Å². The number of benzene rings is 2. The van der Waals surface area contributed by atoms with Crippen LogP contribution in [0.2, 0.25) is 0 Å². The lowest BCUT2D eigenvalue weighted by atomic mass is 10.2. The van der Waals surface area contributed by atoms with Gasteiger partial charge in [-0.2, -0.15) is 0 Å². The molecule has 0 aliphatic carbocycles. The Morgan fingerprint density at radius 2 is 1.60 bits per heavy atom. The second-order valence-electron chi connectivity index (χ2n) is 7.95. The van der Waals surface area contributed by atoms with Gasteiger partial charge in [0.25, 0.3) is 5.91 Å². The summed E-state index contributed by atoms with van der Waals surface area (Å²) in [7, 11) is 0. The van der Waals surface area contributed by atoms with Gasteiger partial charge in [-0.1, -0.05) is 20.8 Å². The van der Waals surface area contributed by atoms with E-state index < -0.39 is 0 Å². The maximum Gasteiger partial charge on any atom is 0.255 e. The van der Waals surface area contributed by atoms with E-state index in [1.165, 1.54) is 0 Å². The molecule has 0 spiro atoms. The Kier molecular flexibility index (Phi) is 7.33. The van der Waals surface area contributed by atoms with Crippen LogP contribution in [0.4, 0.5) is 11.4 Å². The molecule has 1 N–H and O–H groups in total. The Hall–Kier alpha value is -3.02. The summed E-state index contributed by atoms with van der Waals surface area (Å²) in [6.45, 7) is 9.90. The third-order valence-corrected chi connectivity index (χ3v) is 5.12. The number of carbonyl (C=O) groups excluding carboxylic acids is 2. The van der Waals surface area contributed by atoms with Crippen LogP contribution < -0.4 is 15.0 Å². The van der Waals surface area contributed by atoms with Crippen molar-refractivity contribution in [3.8, 4) is 5.75 Å². The van der Waals surface area contributed by atoms with Crippen LogP contribution in [-0.4, -0.2) is 49.5 Å². The van der Waals surface area contributed by atoms with Gasteiger partial charge in [-0.05, 0) is 54.4 Å². The fourth-order valence-corrected chi connectivity index (χ4v) is 3.36. The summed E-state index contributed by atoms with van der Waals surface area (Å²) in [4.78, 5) is 28.5. The number of amides is 2. The molecule has 2 aromatic carbocycles. The smallest absolute Gasteiger partial charge is 0.255 e. The number of nitrogens with one attached hydrogen (secondary N) is 1. The molecule has 160 valence electrons. The highest BCUT2D eigenvalue weighted by Crippen LogP contribution is 2.21. The summed E-state index contributed by atoms with van der Waals surface area (Å²) in [6, 6.07) is 15.0. The lowest BCUT2D eigenvalue weighted by molar-refractivity contribution is -0.131. The van der Waals surface area contributed by atoms with Gasteiger partial charge in [0, 0.05) is 49.5 Å². The molecular weight excluding hydrogens is 378 g/mol. The Morgan fingerprint density at radius 1 is 0.967 bits per heavy atom. The zero-order chi connectivity index (χ0) is 21.5. The molecule has 1 aliphatic heterocycles. The minimum absolute atomic E-state index is 0.148. The maximum absolute atomic E-state index is 12.5. The van der Waals surface area contributed by atoms with Crippen LogP contribution in [0.25, 0.3) is 0 Å². The molecule has 30 heavy (non-hydrogen) atoms. The van der Waals surface area contributed by atoms with E-state index in [0.717, 1.165) is 43.3 Å². The third kappa shape index (κ3) is 5.75. The maximum atomic E-state index is 12.5. The van der Waals surface area contributed by atoms with Gasteiger partial charge < -0.3 is 19.9 Å². The summed E-state index contributed by atoms with van der Waals surface area (Å²) in [6.07, 6.45) is 0.558. The normalized spacial score (nSPS) is 14.0. The fourth-order valence-electron chi connectivity index (χ4n) is 3.36. The summed E-state index contributed by atoms with van der Waals surface area (Å²) < 4.78 is 5.66. The van der Waals surface area contributed by atoms with Gasteiger partial charge >= 0.3 is 0 Å². The largest absolute Gasteiger partial charge is 0.493 e. The van der Waals surface area contributed by atoms with Crippen molar-refractivity contribution in [3.63, 3.8) is 0 Å².